The molecule has 134 valence electrons. The summed E-state index contributed by atoms with van der Waals surface area (Å²) < 4.78 is 41.7. The topological polar surface area (TPSA) is 73.2 Å². The Kier molecular flexibility index (Phi) is 4.37. The van der Waals surface area contributed by atoms with Gasteiger partial charge in [-0.2, -0.15) is 5.10 Å². The Bertz CT molecular complexity index is 979. The number of amides is 1. The molecule has 0 atom stereocenters. The van der Waals surface area contributed by atoms with Crippen LogP contribution >= 0.6 is 0 Å². The molecule has 0 aliphatic carbocycles. The van der Waals surface area contributed by atoms with Gasteiger partial charge in [0.25, 0.3) is 5.91 Å². The fourth-order valence-corrected chi connectivity index (χ4v) is 2.45. The number of fused-ring (bicyclic) bond motifs is 1. The first-order chi connectivity index (χ1) is 12.3. The maximum atomic E-state index is 12.4. The molecule has 0 spiro atoms. The second-order valence-electron chi connectivity index (χ2n) is 5.39. The van der Waals surface area contributed by atoms with Gasteiger partial charge in [0.05, 0.1) is 5.52 Å². The number of aldehydes is 1. The van der Waals surface area contributed by atoms with E-state index in [4.69, 9.17) is 0 Å². The SMILES string of the molecule is Cn1nc(C(=O)Nc2ccc(OC(F)(F)F)cc2)c2ccc(C=O)cc21. The van der Waals surface area contributed by atoms with Crippen molar-refractivity contribution in [1.29, 1.82) is 0 Å². The zero-order chi connectivity index (χ0) is 18.9. The Morgan fingerprint density at radius 1 is 1.19 bits per heavy atom. The summed E-state index contributed by atoms with van der Waals surface area (Å²) in [6.07, 6.45) is -4.09. The monoisotopic (exact) mass is 363 g/mol. The molecule has 0 unspecified atom stereocenters. The molecule has 1 aromatic heterocycles. The number of anilines is 1. The van der Waals surface area contributed by atoms with E-state index in [2.05, 4.69) is 15.2 Å². The lowest BCUT2D eigenvalue weighted by molar-refractivity contribution is -0.274. The Hall–Kier alpha value is -3.36. The number of carbonyl (C=O) groups excluding carboxylic acids is 2. The number of carbonyl (C=O) groups is 2. The van der Waals surface area contributed by atoms with Crippen LogP contribution in [0.2, 0.25) is 0 Å². The summed E-state index contributed by atoms with van der Waals surface area (Å²) in [6.45, 7) is 0. The first kappa shape index (κ1) is 17.5. The Balaban J connectivity index is 1.82. The van der Waals surface area contributed by atoms with Crippen LogP contribution in [0.4, 0.5) is 18.9 Å². The molecule has 0 aliphatic heterocycles. The van der Waals surface area contributed by atoms with Gasteiger partial charge in [-0.15, -0.1) is 13.2 Å². The highest BCUT2D eigenvalue weighted by Gasteiger charge is 2.31. The molecule has 1 heterocycles. The number of nitrogens with one attached hydrogen (secondary N) is 1. The van der Waals surface area contributed by atoms with Crippen LogP contribution in [0.25, 0.3) is 10.9 Å². The van der Waals surface area contributed by atoms with Crippen molar-refractivity contribution in [2.75, 3.05) is 5.32 Å². The number of ether oxygens (including phenoxy) is 1. The van der Waals surface area contributed by atoms with Gasteiger partial charge >= 0.3 is 6.36 Å². The van der Waals surface area contributed by atoms with Crippen molar-refractivity contribution < 1.29 is 27.5 Å². The summed E-state index contributed by atoms with van der Waals surface area (Å²) in [5.74, 6) is -0.917. The molecule has 0 fully saturated rings. The zero-order valence-corrected chi connectivity index (χ0v) is 13.4. The molecule has 1 amide bonds. The third-order valence-corrected chi connectivity index (χ3v) is 3.57. The average molecular weight is 363 g/mol. The molecule has 0 aliphatic rings. The Morgan fingerprint density at radius 2 is 1.88 bits per heavy atom. The minimum Gasteiger partial charge on any atom is -0.406 e. The number of benzene rings is 2. The third-order valence-electron chi connectivity index (χ3n) is 3.57. The van der Waals surface area contributed by atoms with Crippen LogP contribution in [0.15, 0.2) is 42.5 Å². The van der Waals surface area contributed by atoms with Crippen molar-refractivity contribution in [1.82, 2.24) is 9.78 Å². The molecule has 2 aromatic carbocycles. The lowest BCUT2D eigenvalue weighted by Gasteiger charge is -2.09. The molecule has 3 rings (SSSR count). The second-order valence-corrected chi connectivity index (χ2v) is 5.39. The van der Waals surface area contributed by atoms with E-state index < -0.39 is 12.3 Å². The van der Waals surface area contributed by atoms with E-state index in [1.165, 1.54) is 16.8 Å². The van der Waals surface area contributed by atoms with E-state index in [9.17, 15) is 22.8 Å². The predicted molar refractivity (Wildman–Crippen MR) is 87.2 cm³/mol. The van der Waals surface area contributed by atoms with Crippen molar-refractivity contribution in [3.63, 3.8) is 0 Å². The fourth-order valence-electron chi connectivity index (χ4n) is 2.45. The third kappa shape index (κ3) is 3.66. The Labute approximate surface area is 145 Å². The van der Waals surface area contributed by atoms with E-state index in [1.54, 1.807) is 25.2 Å². The largest absolute Gasteiger partial charge is 0.573 e. The molecule has 3 aromatic rings. The van der Waals surface area contributed by atoms with E-state index in [-0.39, 0.29) is 17.1 Å². The Morgan fingerprint density at radius 3 is 2.50 bits per heavy atom. The quantitative estimate of drug-likeness (QED) is 0.720. The average Bonchev–Trinajstić information content (AvgIpc) is 2.92. The predicted octanol–water partition coefficient (Wildman–Crippen LogP) is 3.54. The van der Waals surface area contributed by atoms with Gasteiger partial charge in [-0.3, -0.25) is 14.3 Å². The molecular formula is C17H12F3N3O3. The number of rotatable bonds is 4. The van der Waals surface area contributed by atoms with E-state index >= 15 is 0 Å². The summed E-state index contributed by atoms with van der Waals surface area (Å²) in [6, 6.07) is 9.54. The molecule has 0 saturated carbocycles. The van der Waals surface area contributed by atoms with Crippen LogP contribution in [-0.4, -0.2) is 28.3 Å². The smallest absolute Gasteiger partial charge is 0.406 e. The zero-order valence-electron chi connectivity index (χ0n) is 13.4. The minimum atomic E-state index is -4.78. The number of halogens is 3. The van der Waals surface area contributed by atoms with Crippen LogP contribution < -0.4 is 10.1 Å². The molecule has 1 N–H and O–H groups in total. The molecule has 0 radical (unpaired) electrons. The number of hydrogen-bond acceptors (Lipinski definition) is 4. The van der Waals surface area contributed by atoms with Gasteiger partial charge in [-0.1, -0.05) is 6.07 Å². The lowest BCUT2D eigenvalue weighted by Crippen LogP contribution is -2.17. The van der Waals surface area contributed by atoms with E-state index in [0.717, 1.165) is 12.1 Å². The van der Waals surface area contributed by atoms with Crippen LogP contribution in [0.3, 0.4) is 0 Å². The van der Waals surface area contributed by atoms with Gasteiger partial charge in [0.1, 0.15) is 12.0 Å². The van der Waals surface area contributed by atoms with Gasteiger partial charge in [0, 0.05) is 23.7 Å². The molecule has 0 bridgehead atoms. The highest BCUT2D eigenvalue weighted by Crippen LogP contribution is 2.25. The van der Waals surface area contributed by atoms with Gasteiger partial charge in [0.15, 0.2) is 5.69 Å². The fraction of sp³-hybridized carbons (Fsp3) is 0.118. The first-order valence-electron chi connectivity index (χ1n) is 7.36. The van der Waals surface area contributed by atoms with Crippen LogP contribution in [-0.2, 0) is 7.05 Å². The van der Waals surface area contributed by atoms with Crippen LogP contribution in [0.5, 0.6) is 5.75 Å². The summed E-state index contributed by atoms with van der Waals surface area (Å²) in [4.78, 5) is 23.3. The van der Waals surface area contributed by atoms with Crippen molar-refractivity contribution >= 4 is 28.8 Å². The maximum absolute atomic E-state index is 12.4. The summed E-state index contributed by atoms with van der Waals surface area (Å²) >= 11 is 0. The summed E-state index contributed by atoms with van der Waals surface area (Å²) in [5.41, 5.74) is 1.48. The molecule has 6 nitrogen and oxygen atoms in total. The highest BCUT2D eigenvalue weighted by molar-refractivity contribution is 6.11. The van der Waals surface area contributed by atoms with Crippen molar-refractivity contribution in [3.8, 4) is 5.75 Å². The normalized spacial score (nSPS) is 11.4. The maximum Gasteiger partial charge on any atom is 0.573 e. The van der Waals surface area contributed by atoms with Gasteiger partial charge in [0.2, 0.25) is 0 Å². The van der Waals surface area contributed by atoms with Crippen molar-refractivity contribution in [2.45, 2.75) is 6.36 Å². The summed E-state index contributed by atoms with van der Waals surface area (Å²) in [5, 5.41) is 7.25. The van der Waals surface area contributed by atoms with Crippen LogP contribution in [0.1, 0.15) is 20.8 Å². The molecular weight excluding hydrogens is 351 g/mol. The molecule has 26 heavy (non-hydrogen) atoms. The molecule has 0 saturated heterocycles. The lowest BCUT2D eigenvalue weighted by atomic mass is 10.1. The first-order valence-corrected chi connectivity index (χ1v) is 7.36. The van der Waals surface area contributed by atoms with Gasteiger partial charge < -0.3 is 10.1 Å². The van der Waals surface area contributed by atoms with Crippen molar-refractivity contribution in [2.24, 2.45) is 7.05 Å². The van der Waals surface area contributed by atoms with Crippen LogP contribution in [0, 0.1) is 0 Å². The number of hydrogen-bond donors (Lipinski definition) is 1. The standard InChI is InChI=1S/C17H12F3N3O3/c1-23-14-8-10(9-24)2-7-13(14)15(22-23)16(25)21-11-3-5-12(6-4-11)26-17(18,19)20/h2-9H,1H3,(H,21,25). The van der Waals surface area contributed by atoms with E-state index in [0.29, 0.717) is 22.8 Å². The second kappa shape index (κ2) is 6.51. The van der Waals surface area contributed by atoms with E-state index in [1.807, 2.05) is 0 Å². The molecule has 9 heteroatoms. The number of alkyl halides is 3. The van der Waals surface area contributed by atoms with Gasteiger partial charge in [-0.05, 0) is 36.4 Å². The number of nitrogens with zero attached hydrogens (tertiary/aromatic N) is 2. The number of aryl methyl sites for hydroxylation is 1. The van der Waals surface area contributed by atoms with Gasteiger partial charge in [-0.25, -0.2) is 0 Å². The highest BCUT2D eigenvalue weighted by atomic mass is 19.4. The summed E-state index contributed by atoms with van der Waals surface area (Å²) in [7, 11) is 1.64. The number of aromatic nitrogens is 2. The minimum absolute atomic E-state index is 0.135. The van der Waals surface area contributed by atoms with Crippen molar-refractivity contribution in [3.05, 3.63) is 53.7 Å².